The number of nitrogen functional groups attached to an aromatic ring is 1. The molecule has 0 spiro atoms. The van der Waals surface area contributed by atoms with Crippen molar-refractivity contribution in [2.75, 3.05) is 17.7 Å². The number of aromatic amines is 1. The van der Waals surface area contributed by atoms with Gasteiger partial charge >= 0.3 is 0 Å². The first-order valence-corrected chi connectivity index (χ1v) is 8.38. The smallest absolute Gasteiger partial charge is 0.151 e. The molecule has 0 aliphatic rings. The monoisotopic (exact) mass is 393 g/mol. The molecule has 19 heavy (non-hydrogen) atoms. The zero-order chi connectivity index (χ0) is 13.8. The van der Waals surface area contributed by atoms with Gasteiger partial charge in [0.15, 0.2) is 5.82 Å². The molecule has 2 aromatic heterocycles. The Bertz CT molecular complexity index is 549. The zero-order valence-corrected chi connectivity index (χ0v) is 13.4. The number of nitrogens with one attached hydrogen (secondary N) is 2. The van der Waals surface area contributed by atoms with Crippen molar-refractivity contribution >= 4 is 51.2 Å². The summed E-state index contributed by atoms with van der Waals surface area (Å²) in [5.41, 5.74) is 8.36. The van der Waals surface area contributed by atoms with E-state index in [4.69, 9.17) is 5.73 Å². The number of H-pyrrole nitrogens is 1. The molecule has 0 saturated heterocycles. The number of alkyl halides is 1. The topological polar surface area (TPSA) is 99.8 Å². The molecule has 104 valence electrons. The molecule has 0 fully saturated rings. The van der Waals surface area contributed by atoms with E-state index in [0.29, 0.717) is 18.1 Å². The number of rotatable bonds is 6. The van der Waals surface area contributed by atoms with Crippen LogP contribution in [0.25, 0.3) is 11.0 Å². The Morgan fingerprint density at radius 3 is 3.11 bits per heavy atom. The van der Waals surface area contributed by atoms with Crippen LogP contribution in [-0.4, -0.2) is 42.2 Å². The van der Waals surface area contributed by atoms with Gasteiger partial charge < -0.3 is 15.8 Å². The predicted octanol–water partition coefficient (Wildman–Crippen LogP) is 1.11. The largest absolute Gasteiger partial charge is 0.390 e. The number of nitrogens with zero attached hydrogens (tertiary/aromatic N) is 2. The highest BCUT2D eigenvalue weighted by Gasteiger charge is 2.16. The van der Waals surface area contributed by atoms with Gasteiger partial charge in [0.1, 0.15) is 11.8 Å². The van der Waals surface area contributed by atoms with Crippen molar-refractivity contribution in [3.05, 3.63) is 18.1 Å². The molecule has 0 bridgehead atoms. The SMILES string of the molecule is CSCC(O)[C@H](I)NCc1c[nH]c2c(N)ncnc12. The van der Waals surface area contributed by atoms with E-state index in [0.717, 1.165) is 16.6 Å². The fraction of sp³-hybridized carbons (Fsp3) is 0.455. The molecule has 0 saturated carbocycles. The number of thioether (sulfide) groups is 1. The van der Waals surface area contributed by atoms with Gasteiger partial charge in [0.05, 0.1) is 15.7 Å². The minimum absolute atomic E-state index is 0.00539. The molecular weight excluding hydrogens is 377 g/mol. The van der Waals surface area contributed by atoms with Gasteiger partial charge in [-0.15, -0.1) is 0 Å². The third-order valence-corrected chi connectivity index (χ3v) is 4.68. The summed E-state index contributed by atoms with van der Waals surface area (Å²) in [7, 11) is 0. The lowest BCUT2D eigenvalue weighted by Crippen LogP contribution is -2.35. The molecule has 0 radical (unpaired) electrons. The highest BCUT2D eigenvalue weighted by Crippen LogP contribution is 2.19. The number of halogens is 1. The quantitative estimate of drug-likeness (QED) is 0.334. The third-order valence-electron chi connectivity index (χ3n) is 2.73. The van der Waals surface area contributed by atoms with E-state index in [2.05, 4.69) is 42.9 Å². The zero-order valence-electron chi connectivity index (χ0n) is 10.4. The molecule has 2 rings (SSSR count). The Hall–Kier alpha value is -0.580. The summed E-state index contributed by atoms with van der Waals surface area (Å²) in [6.45, 7) is 0.621. The first kappa shape index (κ1) is 14.8. The summed E-state index contributed by atoms with van der Waals surface area (Å²) in [6.07, 6.45) is 4.93. The Morgan fingerprint density at radius 1 is 1.58 bits per heavy atom. The fourth-order valence-corrected chi connectivity index (χ4v) is 3.10. The van der Waals surface area contributed by atoms with E-state index in [1.165, 1.54) is 6.33 Å². The van der Waals surface area contributed by atoms with Gasteiger partial charge in [0.2, 0.25) is 0 Å². The number of aliphatic hydroxyl groups excluding tert-OH is 1. The number of aromatic nitrogens is 3. The van der Waals surface area contributed by atoms with Crippen molar-refractivity contribution < 1.29 is 5.11 Å². The Balaban J connectivity index is 2.04. The third kappa shape index (κ3) is 3.50. The van der Waals surface area contributed by atoms with E-state index >= 15 is 0 Å². The maximum absolute atomic E-state index is 9.86. The first-order chi connectivity index (χ1) is 9.13. The molecule has 0 amide bonds. The molecule has 1 unspecified atom stereocenters. The summed E-state index contributed by atoms with van der Waals surface area (Å²) in [5, 5.41) is 13.1. The van der Waals surface area contributed by atoms with Gasteiger partial charge in [-0.3, -0.25) is 5.32 Å². The van der Waals surface area contributed by atoms with Gasteiger partial charge in [0, 0.05) is 24.1 Å². The van der Waals surface area contributed by atoms with Crippen LogP contribution in [0.1, 0.15) is 5.56 Å². The van der Waals surface area contributed by atoms with Crippen molar-refractivity contribution in [3.63, 3.8) is 0 Å². The Morgan fingerprint density at radius 2 is 2.37 bits per heavy atom. The van der Waals surface area contributed by atoms with Crippen molar-refractivity contribution in [2.45, 2.75) is 16.7 Å². The van der Waals surface area contributed by atoms with Gasteiger partial charge in [-0.2, -0.15) is 11.8 Å². The van der Waals surface area contributed by atoms with Gasteiger partial charge in [-0.25, -0.2) is 9.97 Å². The maximum atomic E-state index is 9.86. The number of hydrogen-bond acceptors (Lipinski definition) is 6. The van der Waals surface area contributed by atoms with Crippen LogP contribution < -0.4 is 11.1 Å². The van der Waals surface area contributed by atoms with E-state index in [1.54, 1.807) is 11.8 Å². The number of aliphatic hydroxyl groups is 1. The lowest BCUT2D eigenvalue weighted by molar-refractivity contribution is 0.189. The van der Waals surface area contributed by atoms with Crippen molar-refractivity contribution in [1.29, 1.82) is 0 Å². The number of anilines is 1. The minimum Gasteiger partial charge on any atom is -0.390 e. The second kappa shape index (κ2) is 6.73. The van der Waals surface area contributed by atoms with Gasteiger partial charge in [-0.05, 0) is 6.26 Å². The van der Waals surface area contributed by atoms with Crippen molar-refractivity contribution in [2.24, 2.45) is 0 Å². The van der Waals surface area contributed by atoms with Crippen LogP contribution in [-0.2, 0) is 6.54 Å². The van der Waals surface area contributed by atoms with Gasteiger partial charge in [0.25, 0.3) is 0 Å². The first-order valence-electron chi connectivity index (χ1n) is 5.74. The summed E-state index contributed by atoms with van der Waals surface area (Å²) in [5.74, 6) is 1.16. The van der Waals surface area contributed by atoms with Crippen LogP contribution in [0.3, 0.4) is 0 Å². The van der Waals surface area contributed by atoms with E-state index in [-0.39, 0.29) is 10.2 Å². The van der Waals surface area contributed by atoms with Gasteiger partial charge in [-0.1, -0.05) is 22.6 Å². The number of hydrogen-bond donors (Lipinski definition) is 4. The molecule has 6 nitrogen and oxygen atoms in total. The molecular formula is C11H16IN5OS. The number of fused-ring (bicyclic) bond motifs is 1. The fourth-order valence-electron chi connectivity index (χ4n) is 1.75. The molecule has 2 atom stereocenters. The van der Waals surface area contributed by atoms with Crippen LogP contribution in [0, 0.1) is 0 Å². The Labute approximate surface area is 129 Å². The summed E-state index contributed by atoms with van der Waals surface area (Å²) in [6, 6.07) is 0. The van der Waals surface area contributed by atoms with Crippen molar-refractivity contribution in [1.82, 2.24) is 20.3 Å². The van der Waals surface area contributed by atoms with Crippen molar-refractivity contribution in [3.8, 4) is 0 Å². The number of nitrogens with two attached hydrogens (primary N) is 1. The molecule has 0 aromatic carbocycles. The van der Waals surface area contributed by atoms with Crippen LogP contribution in [0.15, 0.2) is 12.5 Å². The molecule has 0 aliphatic carbocycles. The second-order valence-corrected chi connectivity index (χ2v) is 6.35. The lowest BCUT2D eigenvalue weighted by atomic mass is 10.2. The highest BCUT2D eigenvalue weighted by molar-refractivity contribution is 14.1. The molecule has 2 aromatic rings. The molecule has 2 heterocycles. The average molecular weight is 393 g/mol. The summed E-state index contributed by atoms with van der Waals surface area (Å²) in [4.78, 5) is 11.2. The summed E-state index contributed by atoms with van der Waals surface area (Å²) >= 11 is 3.83. The van der Waals surface area contributed by atoms with E-state index in [1.807, 2.05) is 12.5 Å². The van der Waals surface area contributed by atoms with E-state index in [9.17, 15) is 5.11 Å². The molecule has 8 heteroatoms. The normalized spacial score (nSPS) is 14.7. The lowest BCUT2D eigenvalue weighted by Gasteiger charge is -2.17. The maximum Gasteiger partial charge on any atom is 0.151 e. The minimum atomic E-state index is -0.375. The van der Waals surface area contributed by atoms with Crippen LogP contribution in [0.2, 0.25) is 0 Å². The highest BCUT2D eigenvalue weighted by atomic mass is 127. The Kier molecular flexibility index (Phi) is 5.25. The predicted molar refractivity (Wildman–Crippen MR) is 87.3 cm³/mol. The van der Waals surface area contributed by atoms with E-state index < -0.39 is 0 Å². The van der Waals surface area contributed by atoms with Crippen LogP contribution in [0.5, 0.6) is 0 Å². The molecule has 5 N–H and O–H groups in total. The summed E-state index contributed by atoms with van der Waals surface area (Å²) < 4.78 is -0.00539. The standard InChI is InChI=1S/C11H16IN5OS/c1-19-4-7(18)10(12)15-3-6-2-14-9-8(6)16-5-17-11(9)13/h2,5,7,10,14-15,18H,3-4H2,1H3,(H2,13,16,17)/t7?,10-/m1/s1. The average Bonchev–Trinajstić information content (AvgIpc) is 2.81. The molecule has 0 aliphatic heterocycles. The van der Waals surface area contributed by atoms with Crippen LogP contribution in [0.4, 0.5) is 5.82 Å². The van der Waals surface area contributed by atoms with Crippen LogP contribution >= 0.6 is 34.4 Å². The second-order valence-electron chi connectivity index (χ2n) is 4.10.